The van der Waals surface area contributed by atoms with Gasteiger partial charge in [-0.05, 0) is 17.5 Å². The number of hydrogen-bond acceptors (Lipinski definition) is 3. The van der Waals surface area contributed by atoms with Gasteiger partial charge in [0.05, 0.1) is 25.7 Å². The molecule has 0 aromatic heterocycles. The Labute approximate surface area is 131 Å². The minimum absolute atomic E-state index is 0.0124. The third kappa shape index (κ3) is 3.62. The molecule has 0 saturated carbocycles. The molecule has 118 valence electrons. The fourth-order valence-corrected chi connectivity index (χ4v) is 2.89. The van der Waals surface area contributed by atoms with E-state index in [1.807, 2.05) is 27.7 Å². The Morgan fingerprint density at radius 3 is 2.19 bits per heavy atom. The van der Waals surface area contributed by atoms with Gasteiger partial charge < -0.3 is 14.6 Å². The molecule has 1 N–H and O–H groups in total. The molecule has 0 aliphatic heterocycles. The van der Waals surface area contributed by atoms with Gasteiger partial charge in [-0.2, -0.15) is 0 Å². The molecule has 0 aliphatic carbocycles. The van der Waals surface area contributed by atoms with E-state index in [9.17, 15) is 4.79 Å². The van der Waals surface area contributed by atoms with Crippen LogP contribution in [0, 0.1) is 0 Å². The van der Waals surface area contributed by atoms with E-state index >= 15 is 0 Å². The zero-order valence-corrected chi connectivity index (χ0v) is 14.2. The monoisotopic (exact) mass is 314 g/mol. The van der Waals surface area contributed by atoms with Crippen LogP contribution in [-0.4, -0.2) is 25.3 Å². The van der Waals surface area contributed by atoms with E-state index in [0.29, 0.717) is 16.5 Å². The highest BCUT2D eigenvalue weighted by Crippen LogP contribution is 2.47. The van der Waals surface area contributed by atoms with E-state index in [1.54, 1.807) is 13.2 Å². The minimum Gasteiger partial charge on any atom is -0.492 e. The summed E-state index contributed by atoms with van der Waals surface area (Å²) < 4.78 is 10.8. The first-order valence-electron chi connectivity index (χ1n) is 6.82. The van der Waals surface area contributed by atoms with Gasteiger partial charge in [-0.3, -0.25) is 4.79 Å². The number of carboxylic acid groups (broad SMARTS) is 1. The Morgan fingerprint density at radius 2 is 1.81 bits per heavy atom. The maximum absolute atomic E-state index is 11.1. The van der Waals surface area contributed by atoms with Crippen molar-refractivity contribution in [3.63, 3.8) is 0 Å². The van der Waals surface area contributed by atoms with E-state index in [1.165, 1.54) is 7.11 Å². The summed E-state index contributed by atoms with van der Waals surface area (Å²) in [6, 6.07) is 1.79. The van der Waals surface area contributed by atoms with Gasteiger partial charge in [0.15, 0.2) is 11.5 Å². The number of hydrogen-bond donors (Lipinski definition) is 1. The standard InChI is InChI=1S/C16H23ClO4/c1-9(2)13-10(16(3,4)8-12(18)19)7-11(17)14(20-5)15(13)21-6/h7,9H,8H2,1-6H3,(H,18,19). The summed E-state index contributed by atoms with van der Waals surface area (Å²) in [5.41, 5.74) is 1.25. The van der Waals surface area contributed by atoms with Gasteiger partial charge >= 0.3 is 5.97 Å². The predicted octanol–water partition coefficient (Wildman–Crippen LogP) is 4.23. The lowest BCUT2D eigenvalue weighted by Gasteiger charge is -2.30. The summed E-state index contributed by atoms with van der Waals surface area (Å²) >= 11 is 6.28. The molecule has 1 rings (SSSR count). The third-order valence-electron chi connectivity index (χ3n) is 3.54. The van der Waals surface area contributed by atoms with Gasteiger partial charge in [-0.1, -0.05) is 39.3 Å². The van der Waals surface area contributed by atoms with Crippen LogP contribution in [-0.2, 0) is 10.2 Å². The second-order valence-electron chi connectivity index (χ2n) is 6.00. The number of benzene rings is 1. The van der Waals surface area contributed by atoms with Crippen LogP contribution in [0.5, 0.6) is 11.5 Å². The Hall–Kier alpha value is -1.42. The molecule has 0 spiro atoms. The Bertz CT molecular complexity index is 536. The summed E-state index contributed by atoms with van der Waals surface area (Å²) in [6.07, 6.45) is 0.0124. The van der Waals surface area contributed by atoms with E-state index < -0.39 is 11.4 Å². The predicted molar refractivity (Wildman–Crippen MR) is 83.9 cm³/mol. The van der Waals surface area contributed by atoms with Gasteiger partial charge in [-0.25, -0.2) is 0 Å². The molecular formula is C16H23ClO4. The zero-order chi connectivity index (χ0) is 16.4. The SMILES string of the molecule is COc1c(Cl)cc(C(C)(C)CC(=O)O)c(C(C)C)c1OC. The fraction of sp³-hybridized carbons (Fsp3) is 0.562. The lowest BCUT2D eigenvalue weighted by atomic mass is 9.76. The van der Waals surface area contributed by atoms with Crippen LogP contribution in [0.4, 0.5) is 0 Å². The Kier molecular flexibility index (Phi) is 5.51. The molecule has 0 heterocycles. The number of methoxy groups -OCH3 is 2. The summed E-state index contributed by atoms with van der Waals surface area (Å²) in [7, 11) is 3.10. The Morgan fingerprint density at radius 1 is 1.29 bits per heavy atom. The van der Waals surface area contributed by atoms with Crippen molar-refractivity contribution in [2.24, 2.45) is 0 Å². The normalized spacial score (nSPS) is 11.6. The number of carbonyl (C=O) groups is 1. The summed E-state index contributed by atoms with van der Waals surface area (Å²) in [4.78, 5) is 11.1. The maximum atomic E-state index is 11.1. The van der Waals surface area contributed by atoms with E-state index in [2.05, 4.69) is 0 Å². The lowest BCUT2D eigenvalue weighted by Crippen LogP contribution is -2.24. The van der Waals surface area contributed by atoms with Crippen molar-refractivity contribution >= 4 is 17.6 Å². The van der Waals surface area contributed by atoms with Gasteiger partial charge in [-0.15, -0.1) is 0 Å². The first kappa shape index (κ1) is 17.6. The largest absolute Gasteiger partial charge is 0.492 e. The topological polar surface area (TPSA) is 55.8 Å². The highest BCUT2D eigenvalue weighted by Gasteiger charge is 2.32. The molecule has 0 amide bonds. The van der Waals surface area contributed by atoms with E-state index in [0.717, 1.165) is 11.1 Å². The number of carboxylic acids is 1. The van der Waals surface area contributed by atoms with Crippen LogP contribution < -0.4 is 9.47 Å². The summed E-state index contributed by atoms with van der Waals surface area (Å²) in [5.74, 6) is 0.362. The van der Waals surface area contributed by atoms with Gasteiger partial charge in [0.25, 0.3) is 0 Å². The molecule has 5 heteroatoms. The Balaban J connectivity index is 3.66. The summed E-state index contributed by atoms with van der Waals surface area (Å²) in [5, 5.41) is 9.57. The molecule has 0 radical (unpaired) electrons. The van der Waals surface area contributed by atoms with Crippen molar-refractivity contribution < 1.29 is 19.4 Å². The average Bonchev–Trinajstić information content (AvgIpc) is 2.35. The van der Waals surface area contributed by atoms with Crippen LogP contribution in [0.15, 0.2) is 6.07 Å². The van der Waals surface area contributed by atoms with Gasteiger partial charge in [0.2, 0.25) is 0 Å². The summed E-state index contributed by atoms with van der Waals surface area (Å²) in [6.45, 7) is 7.85. The van der Waals surface area contributed by atoms with Crippen LogP contribution >= 0.6 is 11.6 Å². The highest BCUT2D eigenvalue weighted by molar-refractivity contribution is 6.32. The van der Waals surface area contributed by atoms with Crippen molar-refractivity contribution in [1.82, 2.24) is 0 Å². The smallest absolute Gasteiger partial charge is 0.304 e. The molecule has 0 unspecified atom stereocenters. The number of aliphatic carboxylic acids is 1. The third-order valence-corrected chi connectivity index (χ3v) is 3.82. The maximum Gasteiger partial charge on any atom is 0.304 e. The molecule has 0 fully saturated rings. The van der Waals surface area contributed by atoms with Crippen molar-refractivity contribution in [2.75, 3.05) is 14.2 Å². The van der Waals surface area contributed by atoms with Crippen LogP contribution in [0.25, 0.3) is 0 Å². The van der Waals surface area contributed by atoms with Crippen molar-refractivity contribution in [3.05, 3.63) is 22.2 Å². The van der Waals surface area contributed by atoms with Crippen molar-refractivity contribution in [3.8, 4) is 11.5 Å². The second kappa shape index (κ2) is 6.56. The quantitative estimate of drug-likeness (QED) is 0.853. The molecule has 0 bridgehead atoms. The molecule has 1 aromatic rings. The highest BCUT2D eigenvalue weighted by atomic mass is 35.5. The molecule has 0 aliphatic rings. The van der Waals surface area contributed by atoms with Crippen molar-refractivity contribution in [2.45, 2.75) is 45.4 Å². The first-order chi connectivity index (χ1) is 9.65. The average molecular weight is 315 g/mol. The number of ether oxygens (including phenoxy) is 2. The van der Waals surface area contributed by atoms with Gasteiger partial charge in [0.1, 0.15) is 0 Å². The van der Waals surface area contributed by atoms with Gasteiger partial charge in [0, 0.05) is 11.0 Å². The molecule has 4 nitrogen and oxygen atoms in total. The lowest BCUT2D eigenvalue weighted by molar-refractivity contribution is -0.138. The molecule has 1 aromatic carbocycles. The molecular weight excluding hydrogens is 292 g/mol. The molecule has 0 saturated heterocycles. The van der Waals surface area contributed by atoms with Crippen LogP contribution in [0.2, 0.25) is 5.02 Å². The number of rotatable bonds is 6. The van der Waals surface area contributed by atoms with E-state index in [-0.39, 0.29) is 12.3 Å². The molecule has 0 atom stereocenters. The van der Waals surface area contributed by atoms with Crippen LogP contribution in [0.1, 0.15) is 51.2 Å². The zero-order valence-electron chi connectivity index (χ0n) is 13.4. The molecule has 21 heavy (non-hydrogen) atoms. The van der Waals surface area contributed by atoms with E-state index in [4.69, 9.17) is 26.2 Å². The van der Waals surface area contributed by atoms with Crippen LogP contribution in [0.3, 0.4) is 0 Å². The minimum atomic E-state index is -0.847. The van der Waals surface area contributed by atoms with Crippen molar-refractivity contribution in [1.29, 1.82) is 0 Å². The number of halogens is 1. The fourth-order valence-electron chi connectivity index (χ4n) is 2.62. The second-order valence-corrected chi connectivity index (χ2v) is 6.40. The first-order valence-corrected chi connectivity index (χ1v) is 7.20.